The van der Waals surface area contributed by atoms with Crippen molar-refractivity contribution >= 4 is 31.2 Å². The van der Waals surface area contributed by atoms with Crippen LogP contribution in [0.2, 0.25) is 5.02 Å². The van der Waals surface area contributed by atoms with Crippen molar-refractivity contribution in [1.82, 2.24) is 9.88 Å². The Labute approximate surface area is 178 Å². The van der Waals surface area contributed by atoms with Crippen LogP contribution in [-0.2, 0) is 30.4 Å². The number of pyridine rings is 1. The zero-order valence-electron chi connectivity index (χ0n) is 17.3. The normalized spacial score (nSPS) is 11.8. The Morgan fingerprint density at radius 3 is 2.00 bits per heavy atom. The van der Waals surface area contributed by atoms with E-state index in [1.54, 1.807) is 6.07 Å². The molecule has 0 unspecified atom stereocenters. The zero-order chi connectivity index (χ0) is 19.4. The van der Waals surface area contributed by atoms with Crippen molar-refractivity contribution in [3.8, 4) is 0 Å². The van der Waals surface area contributed by atoms with Crippen LogP contribution in [0.4, 0.5) is 0 Å². The van der Waals surface area contributed by atoms with Gasteiger partial charge in [-0.05, 0) is 36.3 Å². The molecule has 1 aromatic heterocycles. The van der Waals surface area contributed by atoms with Crippen molar-refractivity contribution in [3.63, 3.8) is 0 Å². The smallest absolute Gasteiger partial charge is 0.361 e. The summed E-state index contributed by atoms with van der Waals surface area (Å²) < 4.78 is 0. The first-order valence-corrected chi connectivity index (χ1v) is 10.8. The molecule has 0 amide bonds. The molecule has 0 spiro atoms. The number of hydrogen-bond acceptors (Lipinski definition) is 3. The summed E-state index contributed by atoms with van der Waals surface area (Å²) in [5.41, 5.74) is 2.07. The van der Waals surface area contributed by atoms with E-state index in [-0.39, 0.29) is 37.7 Å². The van der Waals surface area contributed by atoms with E-state index >= 15 is 0 Å². The van der Waals surface area contributed by atoms with E-state index in [1.807, 2.05) is 24.8 Å². The fourth-order valence-electron chi connectivity index (χ4n) is 3.21. The first-order valence-electron chi connectivity index (χ1n) is 8.88. The van der Waals surface area contributed by atoms with E-state index in [9.17, 15) is 4.79 Å². The quantitative estimate of drug-likeness (QED) is 0.290. The first kappa shape index (κ1) is 25.7. The third-order valence-electron chi connectivity index (χ3n) is 4.20. The van der Waals surface area contributed by atoms with Gasteiger partial charge < -0.3 is 4.90 Å². The molecule has 6 heteroatoms. The summed E-state index contributed by atoms with van der Waals surface area (Å²) in [6.45, 7) is 19.3. The minimum absolute atomic E-state index is 0. The Bertz CT molecular complexity index is 628. The molecule has 0 bridgehead atoms. The van der Waals surface area contributed by atoms with Crippen molar-refractivity contribution in [1.29, 1.82) is 0 Å². The second-order valence-corrected chi connectivity index (χ2v) is 12.5. The van der Waals surface area contributed by atoms with Crippen molar-refractivity contribution in [2.24, 2.45) is 0 Å². The molecule has 0 N–H and O–H groups in total. The Morgan fingerprint density at radius 2 is 1.62 bits per heavy atom. The van der Waals surface area contributed by atoms with Crippen LogP contribution in [0.25, 0.3) is 5.70 Å². The van der Waals surface area contributed by atoms with Crippen LogP contribution in [0.5, 0.6) is 0 Å². The van der Waals surface area contributed by atoms with Gasteiger partial charge in [0, 0.05) is 30.0 Å². The maximum atomic E-state index is 11.5. The van der Waals surface area contributed by atoms with Gasteiger partial charge in [-0.2, -0.15) is 0 Å². The van der Waals surface area contributed by atoms with Crippen LogP contribution in [0.15, 0.2) is 12.1 Å². The van der Waals surface area contributed by atoms with Crippen LogP contribution in [0, 0.1) is 0 Å². The average Bonchev–Trinajstić information content (AvgIpc) is 2.47. The minimum Gasteiger partial charge on any atom is -0.361 e. The molecule has 0 aliphatic rings. The largest absolute Gasteiger partial charge is 2.00 e. The number of rotatable bonds is 6. The Kier molecular flexibility index (Phi) is 10.2. The molecule has 0 radical (unpaired) electrons. The molecule has 0 fully saturated rings. The standard InChI is InChI=1S/C20H32ClN2OP.Ru/c1-9-23(10-2)18(13-24)17-12-15(21)11-16(22-17)14-25(19(3,4)5)20(6,7)8;/h11-12H,9-10,14H2,1-8H3;/q;+2. The monoisotopic (exact) mass is 484 g/mol. The summed E-state index contributed by atoms with van der Waals surface area (Å²) in [5.74, 6) is 2.07. The van der Waals surface area contributed by atoms with E-state index in [0.29, 0.717) is 16.4 Å². The van der Waals surface area contributed by atoms with Gasteiger partial charge in [0.1, 0.15) is 5.70 Å². The van der Waals surface area contributed by atoms with Crippen LogP contribution in [-0.4, -0.2) is 39.2 Å². The van der Waals surface area contributed by atoms with Crippen molar-refractivity contribution in [3.05, 3.63) is 28.5 Å². The SMILES string of the molecule is CCN(CC)C(=C=O)c1cc(Cl)cc(CP(C(C)(C)C)C(C)(C)C)n1.[Ru+2]. The van der Waals surface area contributed by atoms with Crippen molar-refractivity contribution < 1.29 is 24.3 Å². The molecule has 146 valence electrons. The van der Waals surface area contributed by atoms with Crippen LogP contribution in [0.1, 0.15) is 66.8 Å². The van der Waals surface area contributed by atoms with E-state index < -0.39 is 0 Å². The molecular formula is C20H32ClN2OPRu+2. The Hall–Kier alpha value is -0.257. The zero-order valence-corrected chi connectivity index (χ0v) is 20.6. The van der Waals surface area contributed by atoms with Gasteiger partial charge in [0.15, 0.2) is 5.94 Å². The van der Waals surface area contributed by atoms with Crippen LogP contribution >= 0.6 is 19.5 Å². The maximum Gasteiger partial charge on any atom is 2.00 e. The summed E-state index contributed by atoms with van der Waals surface area (Å²) in [6.07, 6.45) is 0.889. The summed E-state index contributed by atoms with van der Waals surface area (Å²) in [6, 6.07) is 3.70. The van der Waals surface area contributed by atoms with Gasteiger partial charge in [-0.1, -0.05) is 61.1 Å². The van der Waals surface area contributed by atoms with Crippen molar-refractivity contribution in [2.75, 3.05) is 13.1 Å². The van der Waals surface area contributed by atoms with Gasteiger partial charge in [0.2, 0.25) is 0 Å². The molecule has 0 aliphatic carbocycles. The predicted octanol–water partition coefficient (Wildman–Crippen LogP) is 5.83. The van der Waals surface area contributed by atoms with E-state index in [0.717, 1.165) is 24.9 Å². The van der Waals surface area contributed by atoms with E-state index in [4.69, 9.17) is 16.6 Å². The molecular weight excluding hydrogens is 452 g/mol. The second kappa shape index (κ2) is 10.3. The summed E-state index contributed by atoms with van der Waals surface area (Å²) in [5, 5.41) is 1.04. The Balaban J connectivity index is 0.00000625. The summed E-state index contributed by atoms with van der Waals surface area (Å²) in [7, 11) is -0.332. The topological polar surface area (TPSA) is 33.2 Å². The maximum absolute atomic E-state index is 11.5. The molecule has 3 nitrogen and oxygen atoms in total. The molecule has 1 aromatic rings. The van der Waals surface area contributed by atoms with E-state index in [2.05, 4.69) is 47.5 Å². The van der Waals surface area contributed by atoms with Gasteiger partial charge in [0.25, 0.3) is 0 Å². The van der Waals surface area contributed by atoms with Crippen LogP contribution < -0.4 is 0 Å². The average molecular weight is 484 g/mol. The summed E-state index contributed by atoms with van der Waals surface area (Å²) >= 11 is 6.36. The second-order valence-electron chi connectivity index (χ2n) is 8.21. The molecule has 1 heterocycles. The third kappa shape index (κ3) is 7.05. The van der Waals surface area contributed by atoms with Gasteiger partial charge in [-0.3, -0.25) is 0 Å². The Morgan fingerprint density at radius 1 is 1.12 bits per heavy atom. The van der Waals surface area contributed by atoms with Gasteiger partial charge >= 0.3 is 19.5 Å². The van der Waals surface area contributed by atoms with Gasteiger partial charge in [-0.25, -0.2) is 9.78 Å². The van der Waals surface area contributed by atoms with Crippen LogP contribution in [0.3, 0.4) is 0 Å². The van der Waals surface area contributed by atoms with Gasteiger partial charge in [0.05, 0.1) is 5.69 Å². The summed E-state index contributed by atoms with van der Waals surface area (Å²) in [4.78, 5) is 18.3. The predicted molar refractivity (Wildman–Crippen MR) is 111 cm³/mol. The molecule has 0 aromatic carbocycles. The van der Waals surface area contributed by atoms with Crippen molar-refractivity contribution in [2.45, 2.75) is 71.9 Å². The molecule has 1 rings (SSSR count). The first-order chi connectivity index (χ1) is 11.4. The third-order valence-corrected chi connectivity index (χ3v) is 8.30. The number of hydrogen-bond donors (Lipinski definition) is 0. The minimum atomic E-state index is -0.332. The van der Waals surface area contributed by atoms with E-state index in [1.165, 1.54) is 0 Å². The van der Waals surface area contributed by atoms with Gasteiger partial charge in [-0.15, -0.1) is 0 Å². The molecule has 0 saturated carbocycles. The molecule has 26 heavy (non-hydrogen) atoms. The molecule has 0 aliphatic heterocycles. The number of aromatic nitrogens is 1. The molecule has 0 saturated heterocycles. The number of halogens is 1. The molecule has 0 atom stereocenters. The number of nitrogens with zero attached hydrogens (tertiary/aromatic N) is 2. The fourth-order valence-corrected chi connectivity index (χ4v) is 6.89. The fraction of sp³-hybridized carbons (Fsp3) is 0.650. The number of carbonyl (C=O) groups excluding carboxylic acids is 1.